The van der Waals surface area contributed by atoms with E-state index >= 15 is 0 Å². The molecular formula is C12H23N3O3. The number of methoxy groups -OCH3 is 1. The van der Waals surface area contributed by atoms with E-state index in [-0.39, 0.29) is 6.04 Å². The molecule has 0 aliphatic rings. The summed E-state index contributed by atoms with van der Waals surface area (Å²) in [6, 6.07) is 0.0221. The molecule has 1 heterocycles. The molecule has 0 saturated carbocycles. The minimum atomic E-state index is 0.0221. The van der Waals surface area contributed by atoms with Crippen molar-refractivity contribution in [1.82, 2.24) is 9.78 Å². The van der Waals surface area contributed by atoms with Gasteiger partial charge in [-0.2, -0.15) is 5.10 Å². The van der Waals surface area contributed by atoms with Gasteiger partial charge in [0, 0.05) is 24.9 Å². The molecule has 1 rings (SSSR count). The molecule has 0 spiro atoms. The standard InChI is InChI=1S/C12H23N3O3/c1-11(13)12-9-14-15(10-12)3-4-17-7-8-18-6-5-16-2/h9-11H,3-8,13H2,1-2H3. The molecule has 0 saturated heterocycles. The van der Waals surface area contributed by atoms with Gasteiger partial charge in [-0.25, -0.2) is 0 Å². The second-order valence-electron chi connectivity index (χ2n) is 4.04. The average Bonchev–Trinajstić information content (AvgIpc) is 2.81. The van der Waals surface area contributed by atoms with Crippen molar-refractivity contribution < 1.29 is 14.2 Å². The van der Waals surface area contributed by atoms with Crippen molar-refractivity contribution in [1.29, 1.82) is 0 Å². The van der Waals surface area contributed by atoms with Gasteiger partial charge < -0.3 is 19.9 Å². The van der Waals surface area contributed by atoms with E-state index in [9.17, 15) is 0 Å². The molecule has 0 bridgehead atoms. The Labute approximate surface area is 108 Å². The topological polar surface area (TPSA) is 71.5 Å². The Morgan fingerprint density at radius 2 is 1.89 bits per heavy atom. The smallest absolute Gasteiger partial charge is 0.0701 e. The summed E-state index contributed by atoms with van der Waals surface area (Å²) >= 11 is 0. The van der Waals surface area contributed by atoms with Gasteiger partial charge in [-0.15, -0.1) is 0 Å². The van der Waals surface area contributed by atoms with Crippen molar-refractivity contribution in [2.45, 2.75) is 19.5 Å². The maximum absolute atomic E-state index is 5.75. The Kier molecular flexibility index (Phi) is 7.59. The lowest BCUT2D eigenvalue weighted by Crippen LogP contribution is -2.12. The Balaban J connectivity index is 2.00. The predicted molar refractivity (Wildman–Crippen MR) is 68.3 cm³/mol. The molecule has 18 heavy (non-hydrogen) atoms. The van der Waals surface area contributed by atoms with Crippen LogP contribution in [0.3, 0.4) is 0 Å². The second kappa shape index (κ2) is 9.04. The van der Waals surface area contributed by atoms with Crippen molar-refractivity contribution >= 4 is 0 Å². The number of aromatic nitrogens is 2. The van der Waals surface area contributed by atoms with Crippen LogP contribution in [0.5, 0.6) is 0 Å². The van der Waals surface area contributed by atoms with Gasteiger partial charge >= 0.3 is 0 Å². The lowest BCUT2D eigenvalue weighted by molar-refractivity contribution is 0.0225. The Bertz CT molecular complexity index is 315. The molecular weight excluding hydrogens is 234 g/mol. The van der Waals surface area contributed by atoms with E-state index in [1.54, 1.807) is 13.3 Å². The molecule has 0 aliphatic carbocycles. The largest absolute Gasteiger partial charge is 0.382 e. The molecule has 6 heteroatoms. The highest BCUT2D eigenvalue weighted by molar-refractivity contribution is 5.07. The van der Waals surface area contributed by atoms with E-state index in [0.717, 1.165) is 12.1 Å². The third-order valence-corrected chi connectivity index (χ3v) is 2.45. The SMILES string of the molecule is COCCOCCOCCn1cc(C(C)N)cn1. The van der Waals surface area contributed by atoms with Crippen LogP contribution in [-0.4, -0.2) is 49.9 Å². The van der Waals surface area contributed by atoms with Crippen LogP contribution in [0, 0.1) is 0 Å². The first-order valence-electron chi connectivity index (χ1n) is 6.16. The van der Waals surface area contributed by atoms with Crippen LogP contribution in [0.25, 0.3) is 0 Å². The molecule has 0 radical (unpaired) electrons. The highest BCUT2D eigenvalue weighted by Crippen LogP contribution is 2.06. The lowest BCUT2D eigenvalue weighted by atomic mass is 10.2. The van der Waals surface area contributed by atoms with Crippen LogP contribution in [0.2, 0.25) is 0 Å². The maximum atomic E-state index is 5.75. The fourth-order valence-electron chi connectivity index (χ4n) is 1.36. The quantitative estimate of drug-likeness (QED) is 0.621. The van der Waals surface area contributed by atoms with E-state index in [2.05, 4.69) is 5.10 Å². The monoisotopic (exact) mass is 257 g/mol. The second-order valence-corrected chi connectivity index (χ2v) is 4.04. The van der Waals surface area contributed by atoms with Crippen molar-refractivity contribution in [3.05, 3.63) is 18.0 Å². The highest BCUT2D eigenvalue weighted by atomic mass is 16.5. The Morgan fingerprint density at radius 1 is 1.22 bits per heavy atom. The average molecular weight is 257 g/mol. The van der Waals surface area contributed by atoms with Gasteiger partial charge in [0.1, 0.15) is 0 Å². The van der Waals surface area contributed by atoms with Crippen molar-refractivity contribution in [3.8, 4) is 0 Å². The Morgan fingerprint density at radius 3 is 2.50 bits per heavy atom. The van der Waals surface area contributed by atoms with Gasteiger partial charge in [-0.05, 0) is 6.92 Å². The highest BCUT2D eigenvalue weighted by Gasteiger charge is 2.02. The van der Waals surface area contributed by atoms with Crippen LogP contribution in [0.15, 0.2) is 12.4 Å². The number of ether oxygens (including phenoxy) is 3. The van der Waals surface area contributed by atoms with E-state index < -0.39 is 0 Å². The van der Waals surface area contributed by atoms with E-state index in [1.165, 1.54) is 0 Å². The third-order valence-electron chi connectivity index (χ3n) is 2.45. The van der Waals surface area contributed by atoms with Gasteiger partial charge in [-0.1, -0.05) is 0 Å². The minimum Gasteiger partial charge on any atom is -0.382 e. The van der Waals surface area contributed by atoms with E-state index in [0.29, 0.717) is 33.0 Å². The summed E-state index contributed by atoms with van der Waals surface area (Å²) in [5, 5.41) is 4.20. The summed E-state index contributed by atoms with van der Waals surface area (Å²) in [7, 11) is 1.65. The number of nitrogens with two attached hydrogens (primary N) is 1. The molecule has 0 amide bonds. The molecule has 6 nitrogen and oxygen atoms in total. The molecule has 1 aromatic heterocycles. The van der Waals surface area contributed by atoms with Gasteiger partial charge in [0.15, 0.2) is 0 Å². The van der Waals surface area contributed by atoms with Gasteiger partial charge in [0.25, 0.3) is 0 Å². The summed E-state index contributed by atoms with van der Waals surface area (Å²) in [6.45, 7) is 5.69. The molecule has 1 aromatic rings. The van der Waals surface area contributed by atoms with Gasteiger partial charge in [0.05, 0.1) is 45.8 Å². The molecule has 0 aromatic carbocycles. The van der Waals surface area contributed by atoms with Gasteiger partial charge in [-0.3, -0.25) is 4.68 Å². The van der Waals surface area contributed by atoms with Crippen LogP contribution in [0.1, 0.15) is 18.5 Å². The minimum absolute atomic E-state index is 0.0221. The number of rotatable bonds is 10. The maximum Gasteiger partial charge on any atom is 0.0701 e. The first-order valence-corrected chi connectivity index (χ1v) is 6.16. The predicted octanol–water partition coefficient (Wildman–Crippen LogP) is 0.582. The van der Waals surface area contributed by atoms with Crippen LogP contribution in [-0.2, 0) is 20.8 Å². The molecule has 2 N–H and O–H groups in total. The fourth-order valence-corrected chi connectivity index (χ4v) is 1.36. The lowest BCUT2D eigenvalue weighted by Gasteiger charge is -2.05. The number of hydrogen-bond acceptors (Lipinski definition) is 5. The van der Waals surface area contributed by atoms with Crippen LogP contribution >= 0.6 is 0 Å². The Hall–Kier alpha value is -0.950. The van der Waals surface area contributed by atoms with Crippen molar-refractivity contribution in [3.63, 3.8) is 0 Å². The zero-order valence-corrected chi connectivity index (χ0v) is 11.2. The zero-order valence-electron chi connectivity index (χ0n) is 11.2. The first-order chi connectivity index (χ1) is 8.74. The van der Waals surface area contributed by atoms with Gasteiger partial charge in [0.2, 0.25) is 0 Å². The van der Waals surface area contributed by atoms with E-state index in [1.807, 2.05) is 17.8 Å². The van der Waals surface area contributed by atoms with Crippen LogP contribution in [0.4, 0.5) is 0 Å². The summed E-state index contributed by atoms with van der Waals surface area (Å²) in [5.41, 5.74) is 6.79. The zero-order chi connectivity index (χ0) is 13.2. The molecule has 1 unspecified atom stereocenters. The van der Waals surface area contributed by atoms with Crippen LogP contribution < -0.4 is 5.73 Å². The number of nitrogens with zero attached hydrogens (tertiary/aromatic N) is 2. The summed E-state index contributed by atoms with van der Waals surface area (Å²) < 4.78 is 17.4. The molecule has 1 atom stereocenters. The van der Waals surface area contributed by atoms with E-state index in [4.69, 9.17) is 19.9 Å². The molecule has 104 valence electrons. The molecule has 0 aliphatic heterocycles. The van der Waals surface area contributed by atoms with Crippen molar-refractivity contribution in [2.24, 2.45) is 5.73 Å². The normalized spacial score (nSPS) is 12.8. The fraction of sp³-hybridized carbons (Fsp3) is 0.750. The third kappa shape index (κ3) is 6.11. The molecule has 0 fully saturated rings. The first kappa shape index (κ1) is 15.1. The summed E-state index contributed by atoms with van der Waals surface area (Å²) in [6.07, 6.45) is 3.74. The number of hydrogen-bond donors (Lipinski definition) is 1. The summed E-state index contributed by atoms with van der Waals surface area (Å²) in [5.74, 6) is 0. The summed E-state index contributed by atoms with van der Waals surface area (Å²) in [4.78, 5) is 0. The van der Waals surface area contributed by atoms with Crippen molar-refractivity contribution in [2.75, 3.05) is 40.1 Å².